The molecule has 0 heterocycles. The van der Waals surface area contributed by atoms with E-state index in [0.29, 0.717) is 6.42 Å². The van der Waals surface area contributed by atoms with Gasteiger partial charge < -0.3 is 0 Å². The molecule has 0 aliphatic rings. The molecule has 0 amide bonds. The van der Waals surface area contributed by atoms with Crippen LogP contribution in [0.2, 0.25) is 0 Å². The van der Waals surface area contributed by atoms with Crippen molar-refractivity contribution < 1.29 is 4.79 Å². The number of carbonyl (C=O) groups is 1. The van der Waals surface area contributed by atoms with E-state index in [9.17, 15) is 4.79 Å². The Hall–Kier alpha value is -1.89. The van der Waals surface area contributed by atoms with Gasteiger partial charge in [0.15, 0.2) is 0 Å². The Balaban J connectivity index is 2.36. The summed E-state index contributed by atoms with van der Waals surface area (Å²) in [6, 6.07) is 16.6. The Morgan fingerprint density at radius 3 is 2.29 bits per heavy atom. The van der Waals surface area contributed by atoms with Crippen LogP contribution in [0.5, 0.6) is 0 Å². The second-order valence-corrected chi connectivity index (χ2v) is 4.45. The molecule has 1 nitrogen and oxygen atoms in total. The molecular weight excluding hydrogens is 208 g/mol. The van der Waals surface area contributed by atoms with Gasteiger partial charge in [-0.3, -0.25) is 4.79 Å². The van der Waals surface area contributed by atoms with E-state index in [1.165, 1.54) is 16.7 Å². The van der Waals surface area contributed by atoms with Gasteiger partial charge in [0.1, 0.15) is 5.78 Å². The lowest BCUT2D eigenvalue weighted by Crippen LogP contribution is -1.96. The van der Waals surface area contributed by atoms with Crippen molar-refractivity contribution in [1.82, 2.24) is 0 Å². The molecular formula is C16H16O. The maximum Gasteiger partial charge on any atom is 0.134 e. The van der Waals surface area contributed by atoms with Crippen molar-refractivity contribution in [2.45, 2.75) is 20.3 Å². The first-order valence-corrected chi connectivity index (χ1v) is 5.80. The quantitative estimate of drug-likeness (QED) is 0.775. The number of carbonyl (C=O) groups excluding carboxylic acids is 1. The maximum atomic E-state index is 11.1. The topological polar surface area (TPSA) is 17.1 Å². The summed E-state index contributed by atoms with van der Waals surface area (Å²) >= 11 is 0. The second kappa shape index (κ2) is 4.96. The fourth-order valence-electron chi connectivity index (χ4n) is 1.97. The molecule has 86 valence electrons. The minimum absolute atomic E-state index is 0.200. The highest BCUT2D eigenvalue weighted by molar-refractivity contribution is 5.79. The van der Waals surface area contributed by atoms with Crippen LogP contribution in [0.25, 0.3) is 11.1 Å². The monoisotopic (exact) mass is 224 g/mol. The highest BCUT2D eigenvalue weighted by Crippen LogP contribution is 2.21. The molecule has 0 saturated heterocycles. The van der Waals surface area contributed by atoms with Gasteiger partial charge in [0, 0.05) is 6.42 Å². The zero-order valence-electron chi connectivity index (χ0n) is 10.2. The van der Waals surface area contributed by atoms with Crippen LogP contribution in [-0.4, -0.2) is 5.78 Å². The van der Waals surface area contributed by atoms with Gasteiger partial charge >= 0.3 is 0 Å². The lowest BCUT2D eigenvalue weighted by molar-refractivity contribution is -0.116. The van der Waals surface area contributed by atoms with Crippen molar-refractivity contribution in [3.8, 4) is 11.1 Å². The van der Waals surface area contributed by atoms with Crippen LogP contribution in [0, 0.1) is 6.92 Å². The van der Waals surface area contributed by atoms with Gasteiger partial charge in [-0.05, 0) is 30.5 Å². The Kier molecular flexibility index (Phi) is 3.38. The maximum absolute atomic E-state index is 11.1. The van der Waals surface area contributed by atoms with Gasteiger partial charge in [-0.25, -0.2) is 0 Å². The van der Waals surface area contributed by atoms with Crippen LogP contribution >= 0.6 is 0 Å². The Bertz CT molecular complexity index is 541. The van der Waals surface area contributed by atoms with Crippen LogP contribution in [0.3, 0.4) is 0 Å². The zero-order valence-corrected chi connectivity index (χ0v) is 10.2. The first kappa shape index (κ1) is 11.6. The predicted molar refractivity (Wildman–Crippen MR) is 71.0 cm³/mol. The van der Waals surface area contributed by atoms with E-state index in [4.69, 9.17) is 0 Å². The third-order valence-electron chi connectivity index (χ3n) is 2.73. The molecule has 2 aromatic carbocycles. The number of ketones is 1. The molecule has 17 heavy (non-hydrogen) atoms. The van der Waals surface area contributed by atoms with Gasteiger partial charge in [-0.2, -0.15) is 0 Å². The summed E-state index contributed by atoms with van der Waals surface area (Å²) < 4.78 is 0. The summed E-state index contributed by atoms with van der Waals surface area (Å²) in [7, 11) is 0. The second-order valence-electron chi connectivity index (χ2n) is 4.45. The zero-order chi connectivity index (χ0) is 12.3. The highest BCUT2D eigenvalue weighted by Gasteiger charge is 2.01. The molecule has 2 rings (SSSR count). The molecule has 0 atom stereocenters. The number of benzene rings is 2. The lowest BCUT2D eigenvalue weighted by Gasteiger charge is -2.05. The first-order chi connectivity index (χ1) is 8.15. The van der Waals surface area contributed by atoms with Crippen molar-refractivity contribution >= 4 is 5.78 Å². The summed E-state index contributed by atoms with van der Waals surface area (Å²) in [6.45, 7) is 3.71. The van der Waals surface area contributed by atoms with Gasteiger partial charge in [0.25, 0.3) is 0 Å². The molecule has 0 aliphatic carbocycles. The number of aryl methyl sites for hydroxylation is 1. The average Bonchev–Trinajstić information content (AvgIpc) is 2.28. The number of Topliss-reactive ketones (excluding diaryl/α,β-unsaturated/α-hetero) is 1. The molecule has 0 spiro atoms. The minimum atomic E-state index is 0.200. The molecule has 0 N–H and O–H groups in total. The largest absolute Gasteiger partial charge is 0.300 e. The molecule has 2 aromatic rings. The van der Waals surface area contributed by atoms with Crippen molar-refractivity contribution in [2.24, 2.45) is 0 Å². The van der Waals surface area contributed by atoms with E-state index in [-0.39, 0.29) is 5.78 Å². The van der Waals surface area contributed by atoms with E-state index in [1.54, 1.807) is 6.92 Å². The van der Waals surface area contributed by atoms with Crippen LogP contribution in [0.4, 0.5) is 0 Å². The van der Waals surface area contributed by atoms with Crippen molar-refractivity contribution in [1.29, 1.82) is 0 Å². The summed E-state index contributed by atoms with van der Waals surface area (Å²) in [4.78, 5) is 11.1. The van der Waals surface area contributed by atoms with E-state index < -0.39 is 0 Å². The normalized spacial score (nSPS) is 10.2. The van der Waals surface area contributed by atoms with Crippen molar-refractivity contribution in [3.05, 3.63) is 59.7 Å². The molecule has 0 aliphatic heterocycles. The van der Waals surface area contributed by atoms with E-state index in [0.717, 1.165) is 5.56 Å². The minimum Gasteiger partial charge on any atom is -0.300 e. The summed E-state index contributed by atoms with van der Waals surface area (Å²) in [5.74, 6) is 0.200. The van der Waals surface area contributed by atoms with Gasteiger partial charge in [-0.1, -0.05) is 54.1 Å². The smallest absolute Gasteiger partial charge is 0.134 e. The van der Waals surface area contributed by atoms with E-state index in [2.05, 4.69) is 43.3 Å². The molecule has 0 saturated carbocycles. The summed E-state index contributed by atoms with van der Waals surface area (Å²) in [6.07, 6.45) is 0.514. The number of hydrogen-bond acceptors (Lipinski definition) is 1. The molecule has 0 unspecified atom stereocenters. The summed E-state index contributed by atoms with van der Waals surface area (Å²) in [5.41, 5.74) is 4.71. The van der Waals surface area contributed by atoms with Crippen LogP contribution < -0.4 is 0 Å². The number of rotatable bonds is 3. The van der Waals surface area contributed by atoms with E-state index in [1.807, 2.05) is 12.1 Å². The van der Waals surface area contributed by atoms with Crippen molar-refractivity contribution in [3.63, 3.8) is 0 Å². The standard InChI is InChI=1S/C16H16O/c1-12-5-3-7-15(9-12)16-8-4-6-14(11-16)10-13(2)17/h3-9,11H,10H2,1-2H3. The Morgan fingerprint density at radius 2 is 1.65 bits per heavy atom. The average molecular weight is 224 g/mol. The Labute approximate surface area is 102 Å². The van der Waals surface area contributed by atoms with Crippen LogP contribution in [0.1, 0.15) is 18.1 Å². The number of hydrogen-bond donors (Lipinski definition) is 0. The van der Waals surface area contributed by atoms with Gasteiger partial charge in [-0.15, -0.1) is 0 Å². The molecule has 0 radical (unpaired) electrons. The third-order valence-corrected chi connectivity index (χ3v) is 2.73. The molecule has 1 heteroatoms. The van der Waals surface area contributed by atoms with E-state index >= 15 is 0 Å². The SMILES string of the molecule is CC(=O)Cc1cccc(-c2cccc(C)c2)c1. The lowest BCUT2D eigenvalue weighted by atomic mass is 10.00. The van der Waals surface area contributed by atoms with Crippen LogP contribution in [0.15, 0.2) is 48.5 Å². The predicted octanol–water partition coefficient (Wildman–Crippen LogP) is 3.79. The van der Waals surface area contributed by atoms with Crippen LogP contribution in [-0.2, 0) is 11.2 Å². The first-order valence-electron chi connectivity index (χ1n) is 5.80. The summed E-state index contributed by atoms with van der Waals surface area (Å²) in [5, 5.41) is 0. The fourth-order valence-corrected chi connectivity index (χ4v) is 1.97. The third kappa shape index (κ3) is 3.04. The molecule has 0 fully saturated rings. The van der Waals surface area contributed by atoms with Gasteiger partial charge in [0.05, 0.1) is 0 Å². The molecule has 0 bridgehead atoms. The van der Waals surface area contributed by atoms with Crippen molar-refractivity contribution in [2.75, 3.05) is 0 Å². The molecule has 0 aromatic heterocycles. The fraction of sp³-hybridized carbons (Fsp3) is 0.188. The highest BCUT2D eigenvalue weighted by atomic mass is 16.1. The Morgan fingerprint density at radius 1 is 1.00 bits per heavy atom. The van der Waals surface area contributed by atoms with Gasteiger partial charge in [0.2, 0.25) is 0 Å².